The van der Waals surface area contributed by atoms with E-state index < -0.39 is 12.5 Å². The Morgan fingerprint density at radius 2 is 1.41 bits per heavy atom. The summed E-state index contributed by atoms with van der Waals surface area (Å²) in [6.07, 6.45) is 1.85. The number of carboxylic acids is 1. The number of hydrogen-bond donors (Lipinski definition) is 1. The molecule has 1 N–H and O–H groups in total. The lowest BCUT2D eigenvalue weighted by Gasteiger charge is -2.16. The number of thiocarbonyl (C=S) groups is 1. The topological polar surface area (TPSA) is 57.6 Å². The number of benzene rings is 4. The molecule has 0 unspecified atom stereocenters. The van der Waals surface area contributed by atoms with Crippen molar-refractivity contribution in [1.29, 1.82) is 0 Å². The Morgan fingerprint density at radius 3 is 1.97 bits per heavy atom. The minimum atomic E-state index is -1.09. The van der Waals surface area contributed by atoms with Crippen LogP contribution in [0.2, 0.25) is 0 Å². The summed E-state index contributed by atoms with van der Waals surface area (Å²) in [6.45, 7) is -0.434. The highest BCUT2D eigenvalue weighted by Crippen LogP contribution is 2.41. The molecule has 6 heteroatoms. The number of rotatable bonds is 4. The first-order valence-electron chi connectivity index (χ1n) is 10.0. The van der Waals surface area contributed by atoms with Gasteiger partial charge in [-0.2, -0.15) is 0 Å². The lowest BCUT2D eigenvalue weighted by atomic mass is 9.88. The predicted octanol–water partition coefficient (Wildman–Crippen LogP) is 5.95. The van der Waals surface area contributed by atoms with E-state index in [-0.39, 0.29) is 10.2 Å². The molecular weight excluding hydrogens is 438 g/mol. The zero-order chi connectivity index (χ0) is 22.2. The van der Waals surface area contributed by atoms with Gasteiger partial charge in [0.25, 0.3) is 5.91 Å². The molecule has 4 nitrogen and oxygen atoms in total. The fourth-order valence-electron chi connectivity index (χ4n) is 4.14. The number of hydrogen-bond acceptors (Lipinski definition) is 4. The van der Waals surface area contributed by atoms with Crippen LogP contribution in [0.25, 0.3) is 38.7 Å². The normalized spacial score (nSPS) is 15.2. The largest absolute Gasteiger partial charge is 0.480 e. The molecule has 0 aromatic heterocycles. The van der Waals surface area contributed by atoms with Crippen molar-refractivity contribution in [2.75, 3.05) is 6.54 Å². The average molecular weight is 456 g/mol. The fraction of sp³-hybridized carbons (Fsp3) is 0.0385. The van der Waals surface area contributed by atoms with Gasteiger partial charge in [0.05, 0.1) is 4.91 Å². The highest BCUT2D eigenvalue weighted by atomic mass is 32.2. The zero-order valence-electron chi connectivity index (χ0n) is 16.8. The molecule has 0 saturated carbocycles. The third kappa shape index (κ3) is 3.47. The second-order valence-corrected chi connectivity index (χ2v) is 9.08. The van der Waals surface area contributed by atoms with Gasteiger partial charge in [0.1, 0.15) is 10.9 Å². The SMILES string of the molecule is O=C(O)CN1C(=O)/C(=C/c2c3ccccc3c(-c3ccccc3)c3ccccc23)SC1=S. The third-order valence-electron chi connectivity index (χ3n) is 5.48. The van der Waals surface area contributed by atoms with E-state index in [0.29, 0.717) is 4.91 Å². The van der Waals surface area contributed by atoms with Crippen LogP contribution in [0.15, 0.2) is 83.8 Å². The molecule has 4 aromatic rings. The molecule has 0 atom stereocenters. The summed E-state index contributed by atoms with van der Waals surface area (Å²) in [5, 5.41) is 13.3. The van der Waals surface area contributed by atoms with Gasteiger partial charge in [0.2, 0.25) is 0 Å². The minimum Gasteiger partial charge on any atom is -0.480 e. The first kappa shape index (κ1) is 20.4. The zero-order valence-corrected chi connectivity index (χ0v) is 18.5. The molecule has 1 heterocycles. The second-order valence-electron chi connectivity index (χ2n) is 7.41. The number of carbonyl (C=O) groups is 2. The van der Waals surface area contributed by atoms with Crippen molar-refractivity contribution >= 4 is 67.8 Å². The van der Waals surface area contributed by atoms with Gasteiger partial charge >= 0.3 is 5.97 Å². The number of amides is 1. The summed E-state index contributed by atoms with van der Waals surface area (Å²) in [5.41, 5.74) is 3.19. The molecule has 1 fully saturated rings. The van der Waals surface area contributed by atoms with Crippen LogP contribution in [-0.2, 0) is 9.59 Å². The molecule has 0 aliphatic carbocycles. The van der Waals surface area contributed by atoms with Gasteiger partial charge in [-0.05, 0) is 44.3 Å². The Bertz CT molecular complexity index is 1390. The summed E-state index contributed by atoms with van der Waals surface area (Å²) in [5.74, 6) is -1.46. The third-order valence-corrected chi connectivity index (χ3v) is 6.86. The van der Waals surface area contributed by atoms with Crippen molar-refractivity contribution in [3.8, 4) is 11.1 Å². The van der Waals surface area contributed by atoms with E-state index in [9.17, 15) is 9.59 Å². The monoisotopic (exact) mass is 455 g/mol. The molecule has 0 radical (unpaired) electrons. The van der Waals surface area contributed by atoms with Crippen LogP contribution in [-0.4, -0.2) is 32.7 Å². The van der Waals surface area contributed by atoms with Gasteiger partial charge in [-0.3, -0.25) is 14.5 Å². The van der Waals surface area contributed by atoms with Crippen LogP contribution in [0.5, 0.6) is 0 Å². The number of carbonyl (C=O) groups excluding carboxylic acids is 1. The molecule has 0 spiro atoms. The van der Waals surface area contributed by atoms with Gasteiger partial charge in [-0.15, -0.1) is 0 Å². The summed E-state index contributed by atoms with van der Waals surface area (Å²) >= 11 is 6.41. The van der Waals surface area contributed by atoms with E-state index in [4.69, 9.17) is 17.3 Å². The maximum absolute atomic E-state index is 12.9. The molecule has 1 saturated heterocycles. The van der Waals surface area contributed by atoms with Crippen molar-refractivity contribution < 1.29 is 14.7 Å². The molecule has 1 aliphatic rings. The van der Waals surface area contributed by atoms with E-state index in [1.165, 1.54) is 0 Å². The fourth-order valence-corrected chi connectivity index (χ4v) is 5.37. The molecule has 32 heavy (non-hydrogen) atoms. The average Bonchev–Trinajstić information content (AvgIpc) is 3.06. The Kier molecular flexibility index (Phi) is 5.25. The second kappa shape index (κ2) is 8.22. The van der Waals surface area contributed by atoms with Crippen molar-refractivity contribution in [3.63, 3.8) is 0 Å². The minimum absolute atomic E-state index is 0.262. The van der Waals surface area contributed by atoms with Gasteiger partial charge < -0.3 is 5.11 Å². The number of nitrogens with zero attached hydrogens (tertiary/aromatic N) is 1. The van der Waals surface area contributed by atoms with Crippen molar-refractivity contribution in [2.45, 2.75) is 0 Å². The smallest absolute Gasteiger partial charge is 0.323 e. The highest BCUT2D eigenvalue weighted by Gasteiger charge is 2.33. The Hall–Kier alpha value is -3.48. The molecule has 1 amide bonds. The molecule has 1 aliphatic heterocycles. The van der Waals surface area contributed by atoms with Crippen LogP contribution in [0.1, 0.15) is 5.56 Å². The Morgan fingerprint density at radius 1 is 0.875 bits per heavy atom. The van der Waals surface area contributed by atoms with Gasteiger partial charge in [0, 0.05) is 0 Å². The first-order valence-corrected chi connectivity index (χ1v) is 11.2. The van der Waals surface area contributed by atoms with Crippen LogP contribution in [0.3, 0.4) is 0 Å². The van der Waals surface area contributed by atoms with Crippen LogP contribution in [0, 0.1) is 0 Å². The van der Waals surface area contributed by atoms with E-state index in [1.807, 2.05) is 48.5 Å². The van der Waals surface area contributed by atoms with Crippen molar-refractivity contribution in [2.24, 2.45) is 0 Å². The van der Waals surface area contributed by atoms with E-state index in [1.54, 1.807) is 0 Å². The maximum Gasteiger partial charge on any atom is 0.323 e. The summed E-state index contributed by atoms with van der Waals surface area (Å²) in [6, 6.07) is 26.6. The van der Waals surface area contributed by atoms with Gasteiger partial charge in [0.15, 0.2) is 0 Å². The number of aliphatic carboxylic acids is 1. The summed E-state index contributed by atoms with van der Waals surface area (Å²) in [4.78, 5) is 25.6. The Labute approximate surface area is 194 Å². The Balaban J connectivity index is 1.79. The quantitative estimate of drug-likeness (QED) is 0.234. The van der Waals surface area contributed by atoms with Gasteiger partial charge in [-0.25, -0.2) is 0 Å². The summed E-state index contributed by atoms with van der Waals surface area (Å²) in [7, 11) is 0. The molecule has 156 valence electrons. The van der Waals surface area contributed by atoms with Crippen molar-refractivity contribution in [3.05, 3.63) is 89.3 Å². The van der Waals surface area contributed by atoms with E-state index in [0.717, 1.165) is 54.9 Å². The van der Waals surface area contributed by atoms with E-state index in [2.05, 4.69) is 36.4 Å². The number of carboxylic acid groups (broad SMARTS) is 1. The lowest BCUT2D eigenvalue weighted by molar-refractivity contribution is -0.140. The summed E-state index contributed by atoms with van der Waals surface area (Å²) < 4.78 is 0.262. The van der Waals surface area contributed by atoms with Crippen LogP contribution in [0.4, 0.5) is 0 Å². The maximum atomic E-state index is 12.9. The predicted molar refractivity (Wildman–Crippen MR) is 134 cm³/mol. The van der Waals surface area contributed by atoms with Crippen LogP contribution < -0.4 is 0 Å². The molecular formula is C26H17NO3S2. The highest BCUT2D eigenvalue weighted by molar-refractivity contribution is 8.26. The molecule has 0 bridgehead atoms. The number of thioether (sulfide) groups is 1. The molecule has 4 aromatic carbocycles. The first-order chi connectivity index (χ1) is 15.5. The standard InChI is InChI=1S/C26H17NO3S2/c28-23(29)15-27-25(30)22(32-26(27)31)14-21-17-10-4-6-12-19(17)24(16-8-2-1-3-9-16)20-13-7-5-11-18(20)21/h1-14H,15H2,(H,28,29)/b22-14-. The van der Waals surface area contributed by atoms with E-state index >= 15 is 0 Å². The van der Waals surface area contributed by atoms with Gasteiger partial charge in [-0.1, -0.05) is 103 Å². The molecule has 5 rings (SSSR count). The van der Waals surface area contributed by atoms with Crippen molar-refractivity contribution in [1.82, 2.24) is 4.90 Å². The number of fused-ring (bicyclic) bond motifs is 2. The lowest BCUT2D eigenvalue weighted by Crippen LogP contribution is -2.33. The van der Waals surface area contributed by atoms with Crippen LogP contribution >= 0.6 is 24.0 Å².